The van der Waals surface area contributed by atoms with E-state index in [2.05, 4.69) is 32.9 Å². The van der Waals surface area contributed by atoms with Gasteiger partial charge in [0.05, 0.1) is 0 Å². The van der Waals surface area contributed by atoms with Crippen LogP contribution in [0, 0.1) is 0 Å². The summed E-state index contributed by atoms with van der Waals surface area (Å²) in [6.45, 7) is 6.43. The molecule has 2 nitrogen and oxygen atoms in total. The van der Waals surface area contributed by atoms with Gasteiger partial charge in [-0.1, -0.05) is 51.1 Å². The smallest absolute Gasteiger partial charge is 0.130 e. The van der Waals surface area contributed by atoms with Gasteiger partial charge in [-0.25, -0.2) is 0 Å². The average molecular weight is 269 g/mol. The van der Waals surface area contributed by atoms with Crippen LogP contribution in [0.2, 0.25) is 0 Å². The summed E-state index contributed by atoms with van der Waals surface area (Å²) >= 11 is 0. The van der Waals surface area contributed by atoms with Gasteiger partial charge in [0.1, 0.15) is 11.5 Å². The Balaban J connectivity index is 2.26. The van der Waals surface area contributed by atoms with Gasteiger partial charge in [0, 0.05) is 6.04 Å². The molecule has 0 bridgehead atoms. The first-order chi connectivity index (χ1) is 9.61. The molecule has 106 valence electrons. The molecule has 2 aromatic carbocycles. The molecular formula is C18H23NO. The zero-order valence-corrected chi connectivity index (χ0v) is 12.5. The minimum Gasteiger partial charge on any atom is -0.457 e. The molecule has 0 radical (unpaired) electrons. The first-order valence-corrected chi connectivity index (χ1v) is 7.24. The maximum absolute atomic E-state index is 6.08. The molecule has 0 saturated carbocycles. The molecule has 0 saturated heterocycles. The summed E-state index contributed by atoms with van der Waals surface area (Å²) in [5.74, 6) is 2.21. The van der Waals surface area contributed by atoms with E-state index >= 15 is 0 Å². The molecule has 2 heteroatoms. The fourth-order valence-corrected chi connectivity index (χ4v) is 2.22. The van der Waals surface area contributed by atoms with Crippen molar-refractivity contribution in [2.24, 2.45) is 5.73 Å². The Kier molecular flexibility index (Phi) is 4.80. The van der Waals surface area contributed by atoms with E-state index in [1.807, 2.05) is 36.4 Å². The van der Waals surface area contributed by atoms with E-state index in [-0.39, 0.29) is 6.04 Å². The summed E-state index contributed by atoms with van der Waals surface area (Å²) in [5.41, 5.74) is 8.42. The maximum Gasteiger partial charge on any atom is 0.130 e. The van der Waals surface area contributed by atoms with Crippen LogP contribution in [0.3, 0.4) is 0 Å². The highest BCUT2D eigenvalue weighted by Crippen LogP contribution is 2.31. The fraction of sp³-hybridized carbons (Fsp3) is 0.333. The third kappa shape index (κ3) is 3.40. The minimum atomic E-state index is 0.0684. The molecule has 0 aromatic heterocycles. The van der Waals surface area contributed by atoms with Gasteiger partial charge in [0.25, 0.3) is 0 Å². The Labute approximate surface area is 121 Å². The first kappa shape index (κ1) is 14.6. The molecule has 0 amide bonds. The SMILES string of the molecule is CCC(N)c1cccc(Oc2ccccc2C(C)C)c1. The van der Waals surface area contributed by atoms with Crippen LogP contribution in [-0.2, 0) is 0 Å². The van der Waals surface area contributed by atoms with Crippen LogP contribution in [0.4, 0.5) is 0 Å². The minimum absolute atomic E-state index is 0.0684. The standard InChI is InChI=1S/C18H23NO/c1-4-17(19)14-8-7-9-15(12-14)20-18-11-6-5-10-16(18)13(2)3/h5-13,17H,4,19H2,1-3H3. The van der Waals surface area contributed by atoms with Crippen molar-refractivity contribution >= 4 is 0 Å². The second-order valence-electron chi connectivity index (χ2n) is 5.38. The predicted molar refractivity (Wildman–Crippen MR) is 84.3 cm³/mol. The van der Waals surface area contributed by atoms with Gasteiger partial charge < -0.3 is 10.5 Å². The molecular weight excluding hydrogens is 246 g/mol. The van der Waals surface area contributed by atoms with Crippen molar-refractivity contribution in [1.29, 1.82) is 0 Å². The molecule has 0 heterocycles. The van der Waals surface area contributed by atoms with Gasteiger partial charge in [0.15, 0.2) is 0 Å². The highest BCUT2D eigenvalue weighted by molar-refractivity contribution is 5.40. The summed E-state index contributed by atoms with van der Waals surface area (Å²) in [6.07, 6.45) is 0.923. The lowest BCUT2D eigenvalue weighted by Crippen LogP contribution is -2.08. The summed E-state index contributed by atoms with van der Waals surface area (Å²) in [7, 11) is 0. The van der Waals surface area contributed by atoms with Crippen LogP contribution in [0.25, 0.3) is 0 Å². The van der Waals surface area contributed by atoms with Crippen molar-refractivity contribution in [1.82, 2.24) is 0 Å². The summed E-state index contributed by atoms with van der Waals surface area (Å²) in [6, 6.07) is 16.3. The Bertz CT molecular complexity index is 563. The molecule has 0 fully saturated rings. The van der Waals surface area contributed by atoms with Gasteiger partial charge in [-0.2, -0.15) is 0 Å². The van der Waals surface area contributed by atoms with Crippen LogP contribution in [0.5, 0.6) is 11.5 Å². The van der Waals surface area contributed by atoms with E-state index in [1.54, 1.807) is 0 Å². The van der Waals surface area contributed by atoms with E-state index in [1.165, 1.54) is 5.56 Å². The Morgan fingerprint density at radius 3 is 2.50 bits per heavy atom. The fourth-order valence-electron chi connectivity index (χ4n) is 2.22. The Morgan fingerprint density at radius 1 is 1.05 bits per heavy atom. The van der Waals surface area contributed by atoms with Crippen molar-refractivity contribution in [2.75, 3.05) is 0 Å². The van der Waals surface area contributed by atoms with Gasteiger partial charge in [-0.05, 0) is 41.7 Å². The van der Waals surface area contributed by atoms with Crippen LogP contribution in [-0.4, -0.2) is 0 Å². The lowest BCUT2D eigenvalue weighted by molar-refractivity contribution is 0.471. The molecule has 2 aromatic rings. The third-order valence-electron chi connectivity index (χ3n) is 3.49. The van der Waals surface area contributed by atoms with Crippen LogP contribution >= 0.6 is 0 Å². The zero-order valence-electron chi connectivity index (χ0n) is 12.5. The van der Waals surface area contributed by atoms with Crippen molar-refractivity contribution in [3.63, 3.8) is 0 Å². The van der Waals surface area contributed by atoms with Gasteiger partial charge >= 0.3 is 0 Å². The number of rotatable bonds is 5. The molecule has 1 atom stereocenters. The number of ether oxygens (including phenoxy) is 1. The number of hydrogen-bond donors (Lipinski definition) is 1. The second kappa shape index (κ2) is 6.58. The number of benzene rings is 2. The Hall–Kier alpha value is -1.80. The summed E-state index contributed by atoms with van der Waals surface area (Å²) < 4.78 is 6.05. The van der Waals surface area contributed by atoms with Gasteiger partial charge in [0.2, 0.25) is 0 Å². The average Bonchev–Trinajstić information content (AvgIpc) is 2.47. The molecule has 0 aliphatic carbocycles. The zero-order chi connectivity index (χ0) is 14.5. The topological polar surface area (TPSA) is 35.2 Å². The largest absolute Gasteiger partial charge is 0.457 e. The van der Waals surface area contributed by atoms with E-state index in [9.17, 15) is 0 Å². The lowest BCUT2D eigenvalue weighted by atomic mass is 10.0. The van der Waals surface area contributed by atoms with E-state index < -0.39 is 0 Å². The summed E-state index contributed by atoms with van der Waals surface area (Å²) in [4.78, 5) is 0. The first-order valence-electron chi connectivity index (χ1n) is 7.24. The van der Waals surface area contributed by atoms with E-state index in [0.29, 0.717) is 5.92 Å². The quantitative estimate of drug-likeness (QED) is 0.827. The molecule has 0 spiro atoms. The molecule has 1 unspecified atom stereocenters. The van der Waals surface area contributed by atoms with E-state index in [0.717, 1.165) is 23.5 Å². The van der Waals surface area contributed by atoms with Crippen molar-refractivity contribution in [3.8, 4) is 11.5 Å². The van der Waals surface area contributed by atoms with Crippen molar-refractivity contribution in [3.05, 3.63) is 59.7 Å². The molecule has 2 N–H and O–H groups in total. The van der Waals surface area contributed by atoms with Crippen LogP contribution < -0.4 is 10.5 Å². The van der Waals surface area contributed by atoms with Crippen molar-refractivity contribution in [2.45, 2.75) is 39.2 Å². The molecule has 20 heavy (non-hydrogen) atoms. The third-order valence-corrected chi connectivity index (χ3v) is 3.49. The molecule has 2 rings (SSSR count). The van der Waals surface area contributed by atoms with Gasteiger partial charge in [-0.3, -0.25) is 0 Å². The monoisotopic (exact) mass is 269 g/mol. The Morgan fingerprint density at radius 2 is 1.80 bits per heavy atom. The highest BCUT2D eigenvalue weighted by atomic mass is 16.5. The predicted octanol–water partition coefficient (Wildman–Crippen LogP) is 5.01. The normalized spacial score (nSPS) is 12.4. The second-order valence-corrected chi connectivity index (χ2v) is 5.38. The van der Waals surface area contributed by atoms with Crippen molar-refractivity contribution < 1.29 is 4.74 Å². The number of hydrogen-bond acceptors (Lipinski definition) is 2. The van der Waals surface area contributed by atoms with E-state index in [4.69, 9.17) is 10.5 Å². The maximum atomic E-state index is 6.08. The highest BCUT2D eigenvalue weighted by Gasteiger charge is 2.09. The number of para-hydroxylation sites is 1. The summed E-state index contributed by atoms with van der Waals surface area (Å²) in [5, 5.41) is 0. The lowest BCUT2D eigenvalue weighted by Gasteiger charge is -2.15. The van der Waals surface area contributed by atoms with Crippen LogP contribution in [0.15, 0.2) is 48.5 Å². The molecule has 0 aliphatic rings. The van der Waals surface area contributed by atoms with Gasteiger partial charge in [-0.15, -0.1) is 0 Å². The number of nitrogens with two attached hydrogens (primary N) is 1. The van der Waals surface area contributed by atoms with Crippen LogP contribution in [0.1, 0.15) is 50.3 Å². The molecule has 0 aliphatic heterocycles.